The minimum absolute atomic E-state index is 0.584. The molecule has 0 atom stereocenters. The van der Waals surface area contributed by atoms with E-state index < -0.39 is 0 Å². The molecule has 2 heteroatoms. The van der Waals surface area contributed by atoms with Crippen LogP contribution < -0.4 is 5.32 Å². The minimum atomic E-state index is 0.584. The van der Waals surface area contributed by atoms with E-state index in [2.05, 4.69) is 51.8 Å². The Kier molecular flexibility index (Phi) is 7.48. The number of nitrogens with one attached hydrogen (secondary N) is 1. The molecule has 0 fully saturated rings. The van der Waals surface area contributed by atoms with Gasteiger partial charge in [-0.05, 0) is 45.2 Å². The fraction of sp³-hybridized carbons (Fsp3) is 0.857. The Hall–Kier alpha value is -0.500. The highest BCUT2D eigenvalue weighted by atomic mass is 15.1. The standard InChI is InChI=1S/C14H30N2/c1-8-9-16(12(4)5)10-13(6)14(15-7)11(2)3/h11-12,15H,8-10H2,1-7H3/b14-13+. The first-order valence-electron chi connectivity index (χ1n) is 6.55. The third kappa shape index (κ3) is 5.02. The van der Waals surface area contributed by atoms with Gasteiger partial charge in [0.05, 0.1) is 0 Å². The number of hydrogen-bond acceptors (Lipinski definition) is 2. The molecular weight excluding hydrogens is 196 g/mol. The summed E-state index contributed by atoms with van der Waals surface area (Å²) in [6, 6.07) is 0.625. The smallest absolute Gasteiger partial charge is 0.0212 e. The third-order valence-corrected chi connectivity index (χ3v) is 2.99. The van der Waals surface area contributed by atoms with Crippen molar-refractivity contribution in [3.8, 4) is 0 Å². The maximum Gasteiger partial charge on any atom is 0.0212 e. The van der Waals surface area contributed by atoms with Crippen LogP contribution >= 0.6 is 0 Å². The Bertz CT molecular complexity index is 217. The van der Waals surface area contributed by atoms with E-state index in [4.69, 9.17) is 0 Å². The highest BCUT2D eigenvalue weighted by molar-refractivity contribution is 5.13. The molecule has 0 aliphatic heterocycles. The molecule has 16 heavy (non-hydrogen) atoms. The Morgan fingerprint density at radius 2 is 1.75 bits per heavy atom. The number of allylic oxidation sites excluding steroid dienone is 1. The van der Waals surface area contributed by atoms with Gasteiger partial charge < -0.3 is 5.32 Å². The van der Waals surface area contributed by atoms with Crippen LogP contribution in [0.5, 0.6) is 0 Å². The van der Waals surface area contributed by atoms with Gasteiger partial charge in [0.1, 0.15) is 0 Å². The summed E-state index contributed by atoms with van der Waals surface area (Å²) in [5.41, 5.74) is 2.86. The molecule has 0 aromatic heterocycles. The van der Waals surface area contributed by atoms with Gasteiger partial charge >= 0.3 is 0 Å². The lowest BCUT2D eigenvalue weighted by Gasteiger charge is -2.28. The summed E-state index contributed by atoms with van der Waals surface area (Å²) in [5.74, 6) is 0.584. The van der Waals surface area contributed by atoms with Crippen molar-refractivity contribution in [3.63, 3.8) is 0 Å². The van der Waals surface area contributed by atoms with Gasteiger partial charge in [0, 0.05) is 25.3 Å². The molecule has 1 N–H and O–H groups in total. The number of hydrogen-bond donors (Lipinski definition) is 1. The predicted molar refractivity (Wildman–Crippen MR) is 73.6 cm³/mol. The summed E-state index contributed by atoms with van der Waals surface area (Å²) in [7, 11) is 2.03. The van der Waals surface area contributed by atoms with Crippen LogP contribution in [0.2, 0.25) is 0 Å². The molecule has 0 heterocycles. The van der Waals surface area contributed by atoms with E-state index in [1.165, 1.54) is 24.2 Å². The van der Waals surface area contributed by atoms with Crippen molar-refractivity contribution in [1.29, 1.82) is 0 Å². The minimum Gasteiger partial charge on any atom is -0.391 e. The summed E-state index contributed by atoms with van der Waals surface area (Å²) >= 11 is 0. The fourth-order valence-electron chi connectivity index (χ4n) is 2.19. The first-order chi connectivity index (χ1) is 7.43. The Morgan fingerprint density at radius 3 is 2.06 bits per heavy atom. The van der Waals surface area contributed by atoms with Crippen molar-refractivity contribution >= 4 is 0 Å². The lowest BCUT2D eigenvalue weighted by Crippen LogP contribution is -2.34. The summed E-state index contributed by atoms with van der Waals surface area (Å²) in [5, 5.41) is 3.34. The molecule has 0 aliphatic rings. The van der Waals surface area contributed by atoms with E-state index in [0.717, 1.165) is 6.54 Å². The molecule has 0 spiro atoms. The zero-order valence-electron chi connectivity index (χ0n) is 12.2. The van der Waals surface area contributed by atoms with E-state index in [1.807, 2.05) is 7.05 Å². The molecule has 0 radical (unpaired) electrons. The van der Waals surface area contributed by atoms with E-state index >= 15 is 0 Å². The van der Waals surface area contributed by atoms with Crippen LogP contribution in [0.4, 0.5) is 0 Å². The SMILES string of the molecule is CCCN(C/C(C)=C(/NC)C(C)C)C(C)C. The van der Waals surface area contributed by atoms with E-state index in [-0.39, 0.29) is 0 Å². The predicted octanol–water partition coefficient (Wildman–Crippen LogP) is 3.26. The normalized spacial score (nSPS) is 13.6. The van der Waals surface area contributed by atoms with Gasteiger partial charge in [0.25, 0.3) is 0 Å². The van der Waals surface area contributed by atoms with Crippen molar-refractivity contribution in [1.82, 2.24) is 10.2 Å². The topological polar surface area (TPSA) is 15.3 Å². The molecule has 96 valence electrons. The van der Waals surface area contributed by atoms with Crippen molar-refractivity contribution in [3.05, 3.63) is 11.3 Å². The zero-order chi connectivity index (χ0) is 12.7. The fourth-order valence-corrected chi connectivity index (χ4v) is 2.19. The molecule has 0 aliphatic carbocycles. The van der Waals surface area contributed by atoms with Crippen molar-refractivity contribution in [2.75, 3.05) is 20.1 Å². The second-order valence-corrected chi connectivity index (χ2v) is 5.16. The van der Waals surface area contributed by atoms with Crippen LogP contribution in [0.25, 0.3) is 0 Å². The van der Waals surface area contributed by atoms with Gasteiger partial charge in [-0.3, -0.25) is 4.90 Å². The highest BCUT2D eigenvalue weighted by Gasteiger charge is 2.12. The van der Waals surface area contributed by atoms with Crippen LogP contribution in [0, 0.1) is 5.92 Å². The van der Waals surface area contributed by atoms with Gasteiger partial charge in [-0.15, -0.1) is 0 Å². The largest absolute Gasteiger partial charge is 0.391 e. The summed E-state index contributed by atoms with van der Waals surface area (Å²) in [4.78, 5) is 2.54. The second-order valence-electron chi connectivity index (χ2n) is 5.16. The first kappa shape index (κ1) is 15.5. The van der Waals surface area contributed by atoms with Gasteiger partial charge in [0.2, 0.25) is 0 Å². The van der Waals surface area contributed by atoms with Crippen LogP contribution in [0.1, 0.15) is 48.0 Å². The first-order valence-corrected chi connectivity index (χ1v) is 6.55. The van der Waals surface area contributed by atoms with Gasteiger partial charge in [0.15, 0.2) is 0 Å². The third-order valence-electron chi connectivity index (χ3n) is 2.99. The average molecular weight is 226 g/mol. The molecule has 0 aromatic rings. The molecule has 2 nitrogen and oxygen atoms in total. The van der Waals surface area contributed by atoms with Crippen LogP contribution in [0.3, 0.4) is 0 Å². The van der Waals surface area contributed by atoms with Crippen LogP contribution in [0.15, 0.2) is 11.3 Å². The molecule has 0 rings (SSSR count). The van der Waals surface area contributed by atoms with Crippen LogP contribution in [-0.4, -0.2) is 31.1 Å². The average Bonchev–Trinajstić information content (AvgIpc) is 2.17. The lowest BCUT2D eigenvalue weighted by molar-refractivity contribution is 0.239. The number of nitrogens with zero attached hydrogens (tertiary/aromatic N) is 1. The van der Waals surface area contributed by atoms with Crippen molar-refractivity contribution in [2.24, 2.45) is 5.92 Å². The molecular formula is C14H30N2. The molecule has 0 saturated heterocycles. The van der Waals surface area contributed by atoms with Gasteiger partial charge in [-0.25, -0.2) is 0 Å². The summed E-state index contributed by atoms with van der Waals surface area (Å²) in [6.07, 6.45) is 1.22. The van der Waals surface area contributed by atoms with Crippen molar-refractivity contribution in [2.45, 2.75) is 54.0 Å². The summed E-state index contributed by atoms with van der Waals surface area (Å²) < 4.78 is 0. The van der Waals surface area contributed by atoms with Gasteiger partial charge in [-0.1, -0.05) is 20.8 Å². The van der Waals surface area contributed by atoms with Crippen LogP contribution in [-0.2, 0) is 0 Å². The molecule has 0 amide bonds. The molecule has 0 saturated carbocycles. The number of rotatable bonds is 7. The Morgan fingerprint density at radius 1 is 1.19 bits per heavy atom. The van der Waals surface area contributed by atoms with Crippen molar-refractivity contribution < 1.29 is 0 Å². The molecule has 0 aromatic carbocycles. The zero-order valence-corrected chi connectivity index (χ0v) is 12.2. The van der Waals surface area contributed by atoms with E-state index in [9.17, 15) is 0 Å². The summed E-state index contributed by atoms with van der Waals surface area (Å²) in [6.45, 7) is 15.8. The quantitative estimate of drug-likeness (QED) is 0.717. The Labute approximate surface area is 102 Å². The highest BCUT2D eigenvalue weighted by Crippen LogP contribution is 2.14. The molecule has 0 unspecified atom stereocenters. The maximum absolute atomic E-state index is 3.34. The van der Waals surface area contributed by atoms with E-state index in [1.54, 1.807) is 0 Å². The second kappa shape index (κ2) is 7.72. The Balaban J connectivity index is 4.64. The van der Waals surface area contributed by atoms with E-state index in [0.29, 0.717) is 12.0 Å². The lowest BCUT2D eigenvalue weighted by atomic mass is 10.0. The molecule has 0 bridgehead atoms. The monoisotopic (exact) mass is 226 g/mol. The maximum atomic E-state index is 3.34. The van der Waals surface area contributed by atoms with Gasteiger partial charge in [-0.2, -0.15) is 0 Å².